The van der Waals surface area contributed by atoms with Gasteiger partial charge in [0.2, 0.25) is 0 Å². The minimum atomic E-state index is 0.466. The van der Waals surface area contributed by atoms with Crippen LogP contribution in [-0.2, 0) is 0 Å². The lowest BCUT2D eigenvalue weighted by Crippen LogP contribution is -2.19. The van der Waals surface area contributed by atoms with Crippen molar-refractivity contribution in [2.45, 2.75) is 71.1 Å². The van der Waals surface area contributed by atoms with Crippen LogP contribution in [0.5, 0.6) is 0 Å². The molecule has 0 nitrogen and oxygen atoms in total. The topological polar surface area (TPSA) is 0 Å². The molecule has 0 N–H and O–H groups in total. The molecule has 0 aliphatic heterocycles. The van der Waals surface area contributed by atoms with E-state index in [9.17, 15) is 0 Å². The summed E-state index contributed by atoms with van der Waals surface area (Å²) in [4.78, 5) is 0. The van der Waals surface area contributed by atoms with Crippen LogP contribution in [0.4, 0.5) is 0 Å². The molecule has 0 aromatic heterocycles. The smallest absolute Gasteiger partial charge is 0.00871 e. The second-order valence-electron chi connectivity index (χ2n) is 7.83. The van der Waals surface area contributed by atoms with Crippen LogP contribution in [0.15, 0.2) is 54.6 Å². The molecule has 2 aromatic rings. The summed E-state index contributed by atoms with van der Waals surface area (Å²) in [7, 11) is 0. The average molecular weight is 347 g/mol. The van der Waals surface area contributed by atoms with Crippen molar-refractivity contribution < 1.29 is 0 Å². The van der Waals surface area contributed by atoms with Gasteiger partial charge in [0, 0.05) is 5.92 Å². The Morgan fingerprint density at radius 3 is 2.46 bits per heavy atom. The molecule has 2 atom stereocenters. The Morgan fingerprint density at radius 1 is 0.923 bits per heavy atom. The standard InChI is InChI=1S/C26H34/c1-4-7-9-14-21-19-26-23-16-12-11-13-20(23)17-18-25(26)22(6-3)24(21)15-10-8-5-2/h6,11-13,16-19,22,24H,3-5,7-10,14-15H2,1-2H3. The van der Waals surface area contributed by atoms with E-state index in [4.69, 9.17) is 0 Å². The molecule has 0 saturated heterocycles. The zero-order chi connectivity index (χ0) is 18.4. The van der Waals surface area contributed by atoms with Crippen molar-refractivity contribution in [1.82, 2.24) is 0 Å². The highest BCUT2D eigenvalue weighted by molar-refractivity contribution is 5.93. The van der Waals surface area contributed by atoms with Gasteiger partial charge in [-0.1, -0.05) is 100 Å². The Labute approximate surface area is 160 Å². The van der Waals surface area contributed by atoms with Gasteiger partial charge < -0.3 is 0 Å². The minimum Gasteiger partial charge on any atom is -0.102 e. The highest BCUT2D eigenvalue weighted by Gasteiger charge is 2.29. The maximum Gasteiger partial charge on any atom is 0.00871 e. The third-order valence-electron chi connectivity index (χ3n) is 6.04. The predicted octanol–water partition coefficient (Wildman–Crippen LogP) is 8.28. The summed E-state index contributed by atoms with van der Waals surface area (Å²) in [6.45, 7) is 8.84. The van der Waals surface area contributed by atoms with E-state index in [1.54, 1.807) is 5.57 Å². The van der Waals surface area contributed by atoms with E-state index in [0.29, 0.717) is 11.8 Å². The summed E-state index contributed by atoms with van der Waals surface area (Å²) in [5.74, 6) is 1.11. The Kier molecular flexibility index (Phi) is 6.72. The lowest BCUT2D eigenvalue weighted by atomic mass is 9.70. The lowest BCUT2D eigenvalue weighted by molar-refractivity contribution is 0.458. The Balaban J connectivity index is 2.02. The molecular formula is C26H34. The fourth-order valence-corrected chi connectivity index (χ4v) is 4.61. The minimum absolute atomic E-state index is 0.466. The molecule has 0 radical (unpaired) electrons. The van der Waals surface area contributed by atoms with Crippen molar-refractivity contribution in [1.29, 1.82) is 0 Å². The molecule has 0 spiro atoms. The first kappa shape index (κ1) is 19.0. The van der Waals surface area contributed by atoms with Crippen LogP contribution in [0.1, 0.15) is 82.3 Å². The van der Waals surface area contributed by atoms with Crippen molar-refractivity contribution in [3.8, 4) is 0 Å². The Morgan fingerprint density at radius 2 is 1.69 bits per heavy atom. The van der Waals surface area contributed by atoms with Crippen LogP contribution in [0, 0.1) is 5.92 Å². The summed E-state index contributed by atoms with van der Waals surface area (Å²) >= 11 is 0. The predicted molar refractivity (Wildman–Crippen MR) is 117 cm³/mol. The van der Waals surface area contributed by atoms with Gasteiger partial charge in [-0.05, 0) is 47.1 Å². The average Bonchev–Trinajstić information content (AvgIpc) is 2.68. The van der Waals surface area contributed by atoms with E-state index in [1.807, 2.05) is 0 Å². The number of unbranched alkanes of at least 4 members (excludes halogenated alkanes) is 4. The fourth-order valence-electron chi connectivity index (χ4n) is 4.61. The molecule has 138 valence electrons. The van der Waals surface area contributed by atoms with Gasteiger partial charge in [0.15, 0.2) is 0 Å². The number of fused-ring (bicyclic) bond motifs is 3. The van der Waals surface area contributed by atoms with Crippen LogP contribution >= 0.6 is 0 Å². The van der Waals surface area contributed by atoms with Gasteiger partial charge in [0.25, 0.3) is 0 Å². The largest absolute Gasteiger partial charge is 0.102 e. The fraction of sp³-hybridized carbons (Fsp3) is 0.462. The van der Waals surface area contributed by atoms with E-state index in [0.717, 1.165) is 0 Å². The van der Waals surface area contributed by atoms with E-state index in [1.165, 1.54) is 73.3 Å². The highest BCUT2D eigenvalue weighted by Crippen LogP contribution is 2.45. The molecule has 2 aromatic carbocycles. The van der Waals surface area contributed by atoms with E-state index in [2.05, 4.69) is 69.0 Å². The number of rotatable bonds is 9. The molecule has 26 heavy (non-hydrogen) atoms. The second-order valence-corrected chi connectivity index (χ2v) is 7.83. The molecule has 0 fully saturated rings. The quantitative estimate of drug-likeness (QED) is 0.316. The van der Waals surface area contributed by atoms with Crippen molar-refractivity contribution in [2.75, 3.05) is 0 Å². The first-order valence-corrected chi connectivity index (χ1v) is 10.6. The third kappa shape index (κ3) is 3.95. The molecule has 3 rings (SSSR count). The van der Waals surface area contributed by atoms with E-state index in [-0.39, 0.29) is 0 Å². The van der Waals surface area contributed by atoms with Gasteiger partial charge in [-0.15, -0.1) is 6.58 Å². The van der Waals surface area contributed by atoms with Crippen LogP contribution < -0.4 is 0 Å². The number of hydrogen-bond donors (Lipinski definition) is 0. The molecule has 0 heteroatoms. The number of benzene rings is 2. The Bertz CT molecular complexity index is 765. The third-order valence-corrected chi connectivity index (χ3v) is 6.04. The summed E-state index contributed by atoms with van der Waals surface area (Å²) < 4.78 is 0. The van der Waals surface area contributed by atoms with Crippen LogP contribution in [0.3, 0.4) is 0 Å². The molecule has 1 aliphatic rings. The first-order valence-electron chi connectivity index (χ1n) is 10.6. The summed E-state index contributed by atoms with van der Waals surface area (Å²) in [6, 6.07) is 13.5. The van der Waals surface area contributed by atoms with Crippen LogP contribution in [0.2, 0.25) is 0 Å². The molecule has 1 aliphatic carbocycles. The SMILES string of the molecule is C=CC1c2ccc3ccccc3c2C=C(CCCCC)C1CCCCC. The van der Waals surface area contributed by atoms with Gasteiger partial charge in [-0.2, -0.15) is 0 Å². The zero-order valence-electron chi connectivity index (χ0n) is 16.6. The maximum absolute atomic E-state index is 4.25. The normalized spacial score (nSPS) is 19.2. The molecule has 0 amide bonds. The molecular weight excluding hydrogens is 312 g/mol. The molecule has 0 bridgehead atoms. The maximum atomic E-state index is 4.25. The van der Waals surface area contributed by atoms with Gasteiger partial charge in [0.1, 0.15) is 0 Å². The van der Waals surface area contributed by atoms with Crippen molar-refractivity contribution >= 4 is 16.8 Å². The highest BCUT2D eigenvalue weighted by atomic mass is 14.3. The Hall–Kier alpha value is -1.82. The van der Waals surface area contributed by atoms with Crippen molar-refractivity contribution in [3.63, 3.8) is 0 Å². The van der Waals surface area contributed by atoms with Gasteiger partial charge in [-0.25, -0.2) is 0 Å². The number of hydrogen-bond acceptors (Lipinski definition) is 0. The van der Waals surface area contributed by atoms with Gasteiger partial charge >= 0.3 is 0 Å². The van der Waals surface area contributed by atoms with Crippen LogP contribution in [-0.4, -0.2) is 0 Å². The molecule has 0 saturated carbocycles. The summed E-state index contributed by atoms with van der Waals surface area (Å²) in [5.41, 5.74) is 4.61. The zero-order valence-corrected chi connectivity index (χ0v) is 16.6. The van der Waals surface area contributed by atoms with Crippen molar-refractivity contribution in [3.05, 3.63) is 65.8 Å². The second kappa shape index (κ2) is 9.21. The van der Waals surface area contributed by atoms with Gasteiger partial charge in [-0.3, -0.25) is 0 Å². The monoisotopic (exact) mass is 346 g/mol. The lowest BCUT2D eigenvalue weighted by Gasteiger charge is -2.34. The molecule has 0 heterocycles. The number of allylic oxidation sites excluding steroid dienone is 2. The molecule has 2 unspecified atom stereocenters. The first-order chi connectivity index (χ1) is 12.8. The summed E-state index contributed by atoms with van der Waals surface area (Å²) in [6.07, 6.45) is 15.2. The van der Waals surface area contributed by atoms with Crippen LogP contribution in [0.25, 0.3) is 16.8 Å². The van der Waals surface area contributed by atoms with Gasteiger partial charge in [0.05, 0.1) is 0 Å². The summed E-state index contributed by atoms with van der Waals surface area (Å²) in [5, 5.41) is 2.75. The van der Waals surface area contributed by atoms with E-state index < -0.39 is 0 Å². The van der Waals surface area contributed by atoms with Crippen molar-refractivity contribution in [2.24, 2.45) is 5.92 Å². The van der Waals surface area contributed by atoms with E-state index >= 15 is 0 Å².